The van der Waals surface area contributed by atoms with Gasteiger partial charge in [0, 0.05) is 55.4 Å². The van der Waals surface area contributed by atoms with Gasteiger partial charge in [0.2, 0.25) is 0 Å². The summed E-state index contributed by atoms with van der Waals surface area (Å²) < 4.78 is 24.0. The minimum atomic E-state index is -0.465. The summed E-state index contributed by atoms with van der Waals surface area (Å²) >= 11 is 3.36. The molecule has 12 nitrogen and oxygen atoms in total. The molecule has 0 aliphatic carbocycles. The van der Waals surface area contributed by atoms with Crippen LogP contribution in [-0.2, 0) is 18.8 Å². The van der Waals surface area contributed by atoms with E-state index in [9.17, 15) is 9.59 Å². The van der Waals surface area contributed by atoms with Gasteiger partial charge in [-0.3, -0.25) is 19.9 Å². The average Bonchev–Trinajstić information content (AvgIpc) is 3.36. The van der Waals surface area contributed by atoms with Gasteiger partial charge in [0.1, 0.15) is 11.2 Å². The van der Waals surface area contributed by atoms with Crippen LogP contribution in [0.1, 0.15) is 95.1 Å². The molecule has 0 atom stereocenters. The highest BCUT2D eigenvalue weighted by Crippen LogP contribution is 2.39. The van der Waals surface area contributed by atoms with E-state index in [-0.39, 0.29) is 37.9 Å². The number of benzene rings is 2. The van der Waals surface area contributed by atoms with Crippen LogP contribution in [0.15, 0.2) is 83.3 Å². The molecule has 1 saturated heterocycles. The molecule has 2 aromatic carbocycles. The zero-order chi connectivity index (χ0) is 40.9. The first-order valence-electron chi connectivity index (χ1n) is 19.0. The molecule has 0 spiro atoms. The molecule has 1 fully saturated rings. The van der Waals surface area contributed by atoms with Gasteiger partial charge in [-0.25, -0.2) is 9.59 Å². The number of carbonyl (C=O) groups excluding carboxylic acids is 2. The van der Waals surface area contributed by atoms with Crippen LogP contribution in [0, 0.1) is 0 Å². The van der Waals surface area contributed by atoms with Crippen molar-refractivity contribution in [2.24, 2.45) is 0 Å². The molecule has 4 aromatic rings. The standard InChI is InChI=1S/C18H21N3O2.C16H28BNO4.C8H5BrN2.CH4/c1-18(2,3)23-17(22)21-10-6-13(7-11-21)14-4-5-15-16(12-14)20-9-8-19-15;1-14(2,3)20-13(19)18-10-8-12(9-11-18)17-21-15(4,5)16(6,7)22-17;9-6-1-2-7-8(5-6)11-4-3-10-7;/h4-6,8-9,12H,7,10-11H2,1-3H3;8H,9-11H2,1-7H3;1-5H;1H4. The highest BCUT2D eigenvalue weighted by molar-refractivity contribution is 9.10. The molecule has 0 radical (unpaired) electrons. The third-order valence-electron chi connectivity index (χ3n) is 9.58. The molecule has 2 aromatic heterocycles. The fourth-order valence-electron chi connectivity index (χ4n) is 5.91. The summed E-state index contributed by atoms with van der Waals surface area (Å²) in [5.41, 5.74) is 5.52. The number of rotatable bonds is 2. The number of ether oxygens (including phenoxy) is 2. The number of carbonyl (C=O) groups is 2. The van der Waals surface area contributed by atoms with Crippen molar-refractivity contribution < 1.29 is 28.4 Å². The Hall–Kier alpha value is -4.40. The molecule has 3 aliphatic heterocycles. The Balaban J connectivity index is 0.000000198. The van der Waals surface area contributed by atoms with Crippen LogP contribution in [0.2, 0.25) is 0 Å². The van der Waals surface area contributed by atoms with Crippen molar-refractivity contribution in [1.29, 1.82) is 0 Å². The van der Waals surface area contributed by atoms with E-state index in [4.69, 9.17) is 18.8 Å². The summed E-state index contributed by atoms with van der Waals surface area (Å²) in [6.45, 7) is 21.9. The Labute approximate surface area is 346 Å². The molecule has 2 amide bonds. The van der Waals surface area contributed by atoms with Crippen molar-refractivity contribution in [3.63, 3.8) is 0 Å². The van der Waals surface area contributed by atoms with E-state index in [0.29, 0.717) is 26.2 Å². The van der Waals surface area contributed by atoms with E-state index >= 15 is 0 Å². The first kappa shape index (κ1) is 45.3. The van der Waals surface area contributed by atoms with Gasteiger partial charge >= 0.3 is 19.3 Å². The Morgan fingerprint density at radius 1 is 0.684 bits per heavy atom. The molecule has 306 valence electrons. The zero-order valence-corrected chi connectivity index (χ0v) is 35.8. The first-order valence-corrected chi connectivity index (χ1v) is 19.8. The summed E-state index contributed by atoms with van der Waals surface area (Å²) in [6.07, 6.45) is 11.9. The van der Waals surface area contributed by atoms with Crippen LogP contribution < -0.4 is 0 Å². The molecule has 14 heteroatoms. The number of aromatic nitrogens is 4. The van der Waals surface area contributed by atoms with Crippen LogP contribution in [0.4, 0.5) is 9.59 Å². The second kappa shape index (κ2) is 18.5. The van der Waals surface area contributed by atoms with Gasteiger partial charge in [0.25, 0.3) is 0 Å². The third kappa shape index (κ3) is 12.5. The number of amides is 2. The number of hydrogen-bond donors (Lipinski definition) is 0. The van der Waals surface area contributed by atoms with Gasteiger partial charge in [-0.1, -0.05) is 41.6 Å². The lowest BCUT2D eigenvalue weighted by molar-refractivity contribution is 0.00578. The zero-order valence-electron chi connectivity index (χ0n) is 34.3. The van der Waals surface area contributed by atoms with Crippen molar-refractivity contribution in [1.82, 2.24) is 29.7 Å². The lowest BCUT2D eigenvalue weighted by atomic mass is 9.75. The van der Waals surface area contributed by atoms with E-state index in [1.807, 2.05) is 99.6 Å². The normalized spacial score (nSPS) is 17.6. The van der Waals surface area contributed by atoms with Crippen LogP contribution in [0.25, 0.3) is 27.6 Å². The second-order valence-electron chi connectivity index (χ2n) is 16.9. The maximum absolute atomic E-state index is 12.1. The van der Waals surface area contributed by atoms with Crippen molar-refractivity contribution in [2.45, 2.75) is 112 Å². The van der Waals surface area contributed by atoms with E-state index in [1.54, 1.807) is 34.6 Å². The quantitative estimate of drug-likeness (QED) is 0.180. The van der Waals surface area contributed by atoms with Crippen LogP contribution in [0.3, 0.4) is 0 Å². The van der Waals surface area contributed by atoms with E-state index in [0.717, 1.165) is 50.4 Å². The van der Waals surface area contributed by atoms with Gasteiger partial charge in [0.15, 0.2) is 0 Å². The molecule has 5 heterocycles. The van der Waals surface area contributed by atoms with Crippen LogP contribution >= 0.6 is 15.9 Å². The maximum atomic E-state index is 12.1. The highest BCUT2D eigenvalue weighted by Gasteiger charge is 2.52. The maximum Gasteiger partial charge on any atom is 0.490 e. The van der Waals surface area contributed by atoms with Gasteiger partial charge in [-0.2, -0.15) is 0 Å². The van der Waals surface area contributed by atoms with E-state index < -0.39 is 11.2 Å². The lowest BCUT2D eigenvalue weighted by Gasteiger charge is -2.32. The van der Waals surface area contributed by atoms with E-state index in [1.165, 1.54) is 5.57 Å². The van der Waals surface area contributed by atoms with Crippen molar-refractivity contribution in [3.05, 3.63) is 88.8 Å². The Kier molecular flexibility index (Phi) is 14.7. The first-order chi connectivity index (χ1) is 26.2. The predicted octanol–water partition coefficient (Wildman–Crippen LogP) is 9.87. The summed E-state index contributed by atoms with van der Waals surface area (Å²) in [5.74, 6) is 0. The molecule has 0 bridgehead atoms. The molecular weight excluding hydrogens is 787 g/mol. The summed E-state index contributed by atoms with van der Waals surface area (Å²) in [7, 11) is -0.314. The SMILES string of the molecule is Brc1ccc2nccnc2c1.C.CC(C)(C)OC(=O)N1CC=C(B2OC(C)(C)C(C)(C)O2)CC1.CC(C)(C)OC(=O)N1CC=C(c2ccc3nccnc3c2)CC1. The number of halogens is 1. The summed E-state index contributed by atoms with van der Waals surface area (Å²) in [4.78, 5) is 44.5. The molecule has 7 rings (SSSR count). The predicted molar refractivity (Wildman–Crippen MR) is 230 cm³/mol. The largest absolute Gasteiger partial charge is 0.490 e. The molecule has 3 aliphatic rings. The summed E-state index contributed by atoms with van der Waals surface area (Å²) in [5, 5.41) is 0. The molecule has 57 heavy (non-hydrogen) atoms. The van der Waals surface area contributed by atoms with Gasteiger partial charge in [-0.05, 0) is 129 Å². The third-order valence-corrected chi connectivity index (χ3v) is 10.1. The number of nitrogens with zero attached hydrogens (tertiary/aromatic N) is 6. The smallest absolute Gasteiger partial charge is 0.444 e. The molecule has 0 N–H and O–H groups in total. The fourth-order valence-corrected chi connectivity index (χ4v) is 6.26. The highest BCUT2D eigenvalue weighted by atomic mass is 79.9. The van der Waals surface area contributed by atoms with Gasteiger partial charge in [0.05, 0.1) is 33.3 Å². The van der Waals surface area contributed by atoms with Crippen molar-refractivity contribution >= 4 is 62.9 Å². The molecule has 0 saturated carbocycles. The lowest BCUT2D eigenvalue weighted by Crippen LogP contribution is -2.41. The topological polar surface area (TPSA) is 129 Å². The van der Waals surface area contributed by atoms with Crippen LogP contribution in [0.5, 0.6) is 0 Å². The monoisotopic (exact) mass is 844 g/mol. The van der Waals surface area contributed by atoms with Crippen LogP contribution in [-0.4, -0.2) is 97.6 Å². The Bertz CT molecular complexity index is 2080. The van der Waals surface area contributed by atoms with Gasteiger partial charge in [-0.15, -0.1) is 0 Å². The molecular formula is C43H58BBrN6O6. The molecule has 0 unspecified atom stereocenters. The number of fused-ring (bicyclic) bond motifs is 2. The Morgan fingerprint density at radius 2 is 1.14 bits per heavy atom. The second-order valence-corrected chi connectivity index (χ2v) is 17.8. The minimum Gasteiger partial charge on any atom is -0.444 e. The van der Waals surface area contributed by atoms with Crippen molar-refractivity contribution in [3.8, 4) is 0 Å². The average molecular weight is 846 g/mol. The van der Waals surface area contributed by atoms with Gasteiger partial charge < -0.3 is 28.6 Å². The Morgan fingerprint density at radius 3 is 1.60 bits per heavy atom. The van der Waals surface area contributed by atoms with Crippen molar-refractivity contribution in [2.75, 3.05) is 26.2 Å². The summed E-state index contributed by atoms with van der Waals surface area (Å²) in [6, 6.07) is 11.9. The fraction of sp³-hybridized carbons (Fsp3) is 0.488. The number of hydrogen-bond acceptors (Lipinski definition) is 10. The van der Waals surface area contributed by atoms with E-state index in [2.05, 4.69) is 54.1 Å². The minimum absolute atomic E-state index is 0.